The molecule has 0 spiro atoms. The average molecular weight is 241 g/mol. The van der Waals surface area contributed by atoms with Gasteiger partial charge in [-0.3, -0.25) is 0 Å². The van der Waals surface area contributed by atoms with Gasteiger partial charge in [0.2, 0.25) is 0 Å². The first-order valence-electron chi connectivity index (χ1n) is 7.61. The van der Waals surface area contributed by atoms with Gasteiger partial charge >= 0.3 is 0 Å². The predicted octanol–water partition coefficient (Wildman–Crippen LogP) is 3.75. The minimum atomic E-state index is 0.562. The molecule has 2 nitrogen and oxygen atoms in total. The lowest BCUT2D eigenvalue weighted by atomic mass is 9.98. The van der Waals surface area contributed by atoms with Crippen molar-refractivity contribution in [1.29, 1.82) is 0 Å². The highest BCUT2D eigenvalue weighted by Crippen LogP contribution is 2.20. The van der Waals surface area contributed by atoms with E-state index in [0.29, 0.717) is 12.1 Å². The Kier molecular flexibility index (Phi) is 7.87. The summed E-state index contributed by atoms with van der Waals surface area (Å²) in [6.07, 6.45) is 9.68. The zero-order chi connectivity index (χ0) is 12.5. The Hall–Kier alpha value is -0.0800. The summed E-state index contributed by atoms with van der Waals surface area (Å²) >= 11 is 0. The molecule has 0 bridgehead atoms. The van der Waals surface area contributed by atoms with Gasteiger partial charge in [0.1, 0.15) is 0 Å². The molecule has 2 unspecified atom stereocenters. The normalized spacial score (nSPS) is 20.6. The molecule has 2 heteroatoms. The maximum atomic E-state index is 5.87. The summed E-state index contributed by atoms with van der Waals surface area (Å²) in [6, 6.07) is 0.678. The molecule has 2 atom stereocenters. The van der Waals surface area contributed by atoms with Crippen molar-refractivity contribution in [1.82, 2.24) is 5.32 Å². The predicted molar refractivity (Wildman–Crippen MR) is 74.4 cm³/mol. The van der Waals surface area contributed by atoms with E-state index in [2.05, 4.69) is 26.1 Å². The third-order valence-corrected chi connectivity index (χ3v) is 4.07. The van der Waals surface area contributed by atoms with Crippen LogP contribution in [0.5, 0.6) is 0 Å². The first kappa shape index (κ1) is 15.0. The van der Waals surface area contributed by atoms with E-state index in [0.717, 1.165) is 19.1 Å². The molecule has 0 aliphatic heterocycles. The van der Waals surface area contributed by atoms with Crippen LogP contribution in [0.4, 0.5) is 0 Å². The Bertz CT molecular complexity index is 178. The largest absolute Gasteiger partial charge is 0.377 e. The summed E-state index contributed by atoms with van der Waals surface area (Å²) < 4.78 is 5.87. The van der Waals surface area contributed by atoms with Gasteiger partial charge in [-0.25, -0.2) is 0 Å². The molecule has 0 aromatic carbocycles. The first-order chi connectivity index (χ1) is 8.26. The van der Waals surface area contributed by atoms with E-state index in [4.69, 9.17) is 4.74 Å². The van der Waals surface area contributed by atoms with Gasteiger partial charge in [0.05, 0.1) is 12.7 Å². The number of nitrogens with one attached hydrogen (secondary N) is 1. The summed E-state index contributed by atoms with van der Waals surface area (Å²) in [5, 5.41) is 3.63. The minimum Gasteiger partial charge on any atom is -0.377 e. The number of rotatable bonds is 9. The van der Waals surface area contributed by atoms with Gasteiger partial charge in [0.25, 0.3) is 0 Å². The van der Waals surface area contributed by atoms with Crippen molar-refractivity contribution in [3.05, 3.63) is 0 Å². The zero-order valence-corrected chi connectivity index (χ0v) is 12.0. The molecule has 17 heavy (non-hydrogen) atoms. The quantitative estimate of drug-likeness (QED) is 0.621. The minimum absolute atomic E-state index is 0.562. The molecule has 0 amide bonds. The van der Waals surface area contributed by atoms with Crippen molar-refractivity contribution in [2.45, 2.75) is 77.9 Å². The van der Waals surface area contributed by atoms with Crippen molar-refractivity contribution < 1.29 is 4.74 Å². The molecule has 1 aliphatic rings. The number of ether oxygens (including phenoxy) is 1. The third kappa shape index (κ3) is 6.42. The maximum Gasteiger partial charge on any atom is 0.0594 e. The highest BCUT2D eigenvalue weighted by Gasteiger charge is 2.15. The zero-order valence-electron chi connectivity index (χ0n) is 12.0. The maximum absolute atomic E-state index is 5.87. The van der Waals surface area contributed by atoms with Gasteiger partial charge in [-0.1, -0.05) is 40.0 Å². The lowest BCUT2D eigenvalue weighted by Gasteiger charge is -2.21. The van der Waals surface area contributed by atoms with Gasteiger partial charge in [-0.05, 0) is 31.6 Å². The molecule has 1 fully saturated rings. The smallest absolute Gasteiger partial charge is 0.0594 e. The molecule has 0 heterocycles. The number of hydrogen-bond acceptors (Lipinski definition) is 2. The Balaban J connectivity index is 2.02. The Morgan fingerprint density at radius 3 is 2.47 bits per heavy atom. The molecular weight excluding hydrogens is 210 g/mol. The van der Waals surface area contributed by atoms with Crippen LogP contribution in [0.2, 0.25) is 0 Å². The van der Waals surface area contributed by atoms with Crippen LogP contribution in [0.25, 0.3) is 0 Å². The molecule has 102 valence electrons. The molecule has 0 aromatic heterocycles. The monoisotopic (exact) mass is 241 g/mol. The summed E-state index contributed by atoms with van der Waals surface area (Å²) in [5.41, 5.74) is 0. The van der Waals surface area contributed by atoms with Crippen molar-refractivity contribution in [3.63, 3.8) is 0 Å². The topological polar surface area (TPSA) is 21.3 Å². The van der Waals surface area contributed by atoms with Gasteiger partial charge < -0.3 is 10.1 Å². The lowest BCUT2D eigenvalue weighted by Crippen LogP contribution is -2.33. The highest BCUT2D eigenvalue weighted by atomic mass is 16.5. The Labute approximate surface area is 108 Å². The Morgan fingerprint density at radius 1 is 1.18 bits per heavy atom. The van der Waals surface area contributed by atoms with Gasteiger partial charge in [0, 0.05) is 12.6 Å². The first-order valence-corrected chi connectivity index (χ1v) is 7.61. The van der Waals surface area contributed by atoms with E-state index < -0.39 is 0 Å². The van der Waals surface area contributed by atoms with Crippen molar-refractivity contribution >= 4 is 0 Å². The van der Waals surface area contributed by atoms with E-state index in [-0.39, 0.29) is 0 Å². The second-order valence-corrected chi connectivity index (χ2v) is 5.59. The lowest BCUT2D eigenvalue weighted by molar-refractivity contribution is 0.0586. The van der Waals surface area contributed by atoms with Crippen LogP contribution < -0.4 is 5.32 Å². The molecule has 1 saturated carbocycles. The van der Waals surface area contributed by atoms with Crippen LogP contribution in [0, 0.1) is 5.92 Å². The molecule has 1 aliphatic carbocycles. The highest BCUT2D eigenvalue weighted by molar-refractivity contribution is 4.69. The van der Waals surface area contributed by atoms with Crippen LogP contribution in [0.15, 0.2) is 0 Å². The summed E-state index contributed by atoms with van der Waals surface area (Å²) in [4.78, 5) is 0. The van der Waals surface area contributed by atoms with Crippen LogP contribution >= 0.6 is 0 Å². The molecule has 1 N–H and O–H groups in total. The summed E-state index contributed by atoms with van der Waals surface area (Å²) in [6.45, 7) is 8.81. The third-order valence-electron chi connectivity index (χ3n) is 4.07. The van der Waals surface area contributed by atoms with E-state index >= 15 is 0 Å². The molecule has 0 aromatic rings. The molecular formula is C15H31NO. The standard InChI is InChI=1S/C15H31NO/c1-4-13(3)12-14(5-2)16-10-11-17-15-8-6-7-9-15/h13-16H,4-12H2,1-3H3. The fourth-order valence-electron chi connectivity index (χ4n) is 2.59. The van der Waals surface area contributed by atoms with Crippen LogP contribution in [0.3, 0.4) is 0 Å². The molecule has 0 saturated heterocycles. The van der Waals surface area contributed by atoms with Gasteiger partial charge in [-0.15, -0.1) is 0 Å². The molecule has 1 rings (SSSR count). The van der Waals surface area contributed by atoms with E-state index in [9.17, 15) is 0 Å². The summed E-state index contributed by atoms with van der Waals surface area (Å²) in [7, 11) is 0. The fourth-order valence-corrected chi connectivity index (χ4v) is 2.59. The van der Waals surface area contributed by atoms with E-state index in [1.807, 2.05) is 0 Å². The Morgan fingerprint density at radius 2 is 1.88 bits per heavy atom. The van der Waals surface area contributed by atoms with E-state index in [1.165, 1.54) is 44.9 Å². The number of hydrogen-bond donors (Lipinski definition) is 1. The average Bonchev–Trinajstić information content (AvgIpc) is 2.85. The van der Waals surface area contributed by atoms with Gasteiger partial charge in [-0.2, -0.15) is 0 Å². The van der Waals surface area contributed by atoms with Crippen LogP contribution in [0.1, 0.15) is 65.7 Å². The fraction of sp³-hybridized carbons (Fsp3) is 1.00. The SMILES string of the molecule is CCC(C)CC(CC)NCCOC1CCCC1. The van der Waals surface area contributed by atoms with Crippen molar-refractivity contribution in [2.75, 3.05) is 13.2 Å². The second-order valence-electron chi connectivity index (χ2n) is 5.59. The van der Waals surface area contributed by atoms with Crippen molar-refractivity contribution in [3.8, 4) is 0 Å². The van der Waals surface area contributed by atoms with E-state index in [1.54, 1.807) is 0 Å². The second kappa shape index (κ2) is 8.93. The molecule has 0 radical (unpaired) electrons. The summed E-state index contributed by atoms with van der Waals surface area (Å²) in [5.74, 6) is 0.836. The van der Waals surface area contributed by atoms with Gasteiger partial charge in [0.15, 0.2) is 0 Å². The van der Waals surface area contributed by atoms with Crippen LogP contribution in [-0.2, 0) is 4.74 Å². The van der Waals surface area contributed by atoms with Crippen molar-refractivity contribution in [2.24, 2.45) is 5.92 Å². The van der Waals surface area contributed by atoms with Crippen LogP contribution in [-0.4, -0.2) is 25.3 Å².